The molecule has 1 aliphatic rings. The number of halogens is 1. The Bertz CT molecular complexity index is 568. The van der Waals surface area contributed by atoms with Crippen molar-refractivity contribution in [1.29, 1.82) is 0 Å². The zero-order valence-corrected chi connectivity index (χ0v) is 13.1. The molecule has 5 heteroatoms. The van der Waals surface area contributed by atoms with E-state index in [-0.39, 0.29) is 6.04 Å². The van der Waals surface area contributed by atoms with Crippen LogP contribution in [0.1, 0.15) is 12.7 Å². The molecule has 1 fully saturated rings. The van der Waals surface area contributed by atoms with Gasteiger partial charge in [-0.1, -0.05) is 35.0 Å². The van der Waals surface area contributed by atoms with E-state index in [2.05, 4.69) is 49.9 Å². The SMILES string of the molecule is CC1CN(Cc2ncc(-c3ccc(Br)cc3)[nH]2)CC1N. The lowest BCUT2D eigenvalue weighted by atomic mass is 10.1. The second-order valence-corrected chi connectivity index (χ2v) is 6.50. The molecule has 2 atom stereocenters. The Balaban J connectivity index is 1.69. The van der Waals surface area contributed by atoms with Gasteiger partial charge in [-0.3, -0.25) is 4.90 Å². The number of hydrogen-bond donors (Lipinski definition) is 2. The second kappa shape index (κ2) is 5.68. The fourth-order valence-corrected chi connectivity index (χ4v) is 2.92. The zero-order valence-electron chi connectivity index (χ0n) is 11.5. The highest BCUT2D eigenvalue weighted by Gasteiger charge is 2.26. The van der Waals surface area contributed by atoms with Gasteiger partial charge in [0.25, 0.3) is 0 Å². The van der Waals surface area contributed by atoms with E-state index in [1.165, 1.54) is 0 Å². The lowest BCUT2D eigenvalue weighted by Gasteiger charge is -2.12. The number of imidazole rings is 1. The number of hydrogen-bond acceptors (Lipinski definition) is 3. The van der Waals surface area contributed by atoms with Crippen LogP contribution in [0.4, 0.5) is 0 Å². The molecule has 1 saturated heterocycles. The van der Waals surface area contributed by atoms with Gasteiger partial charge in [0.2, 0.25) is 0 Å². The van der Waals surface area contributed by atoms with Crippen LogP contribution >= 0.6 is 15.9 Å². The van der Waals surface area contributed by atoms with Gasteiger partial charge in [-0.05, 0) is 23.6 Å². The predicted octanol–water partition coefficient (Wildman–Crippen LogP) is 2.62. The first-order valence-electron chi connectivity index (χ1n) is 6.89. The number of nitrogens with zero attached hydrogens (tertiary/aromatic N) is 2. The normalized spacial score (nSPS) is 23.4. The van der Waals surface area contributed by atoms with E-state index in [9.17, 15) is 0 Å². The van der Waals surface area contributed by atoms with Gasteiger partial charge in [-0.25, -0.2) is 4.98 Å². The quantitative estimate of drug-likeness (QED) is 0.907. The van der Waals surface area contributed by atoms with Gasteiger partial charge < -0.3 is 10.7 Å². The molecule has 106 valence electrons. The standard InChI is InChI=1S/C15H19BrN4/c1-10-7-20(8-13(10)17)9-15-18-6-14(19-15)11-2-4-12(16)5-3-11/h2-6,10,13H,7-9,17H2,1H3,(H,18,19). The van der Waals surface area contributed by atoms with Crippen molar-refractivity contribution >= 4 is 15.9 Å². The lowest BCUT2D eigenvalue weighted by Crippen LogP contribution is -2.28. The lowest BCUT2D eigenvalue weighted by molar-refractivity contribution is 0.311. The molecule has 2 unspecified atom stereocenters. The number of benzene rings is 1. The van der Waals surface area contributed by atoms with E-state index in [1.54, 1.807) is 0 Å². The number of H-pyrrole nitrogens is 1. The molecule has 0 aliphatic carbocycles. The van der Waals surface area contributed by atoms with Crippen LogP contribution in [0.5, 0.6) is 0 Å². The first-order chi connectivity index (χ1) is 9.61. The summed E-state index contributed by atoms with van der Waals surface area (Å²) in [5.41, 5.74) is 8.27. The van der Waals surface area contributed by atoms with Crippen LogP contribution < -0.4 is 5.73 Å². The Morgan fingerprint density at radius 1 is 1.35 bits per heavy atom. The summed E-state index contributed by atoms with van der Waals surface area (Å²) in [7, 11) is 0. The molecule has 0 bridgehead atoms. The summed E-state index contributed by atoms with van der Waals surface area (Å²) >= 11 is 3.45. The highest BCUT2D eigenvalue weighted by molar-refractivity contribution is 9.10. The number of likely N-dealkylation sites (tertiary alicyclic amines) is 1. The molecular weight excluding hydrogens is 316 g/mol. The van der Waals surface area contributed by atoms with E-state index in [1.807, 2.05) is 18.3 Å². The molecule has 0 radical (unpaired) electrons. The second-order valence-electron chi connectivity index (χ2n) is 5.59. The molecule has 1 aromatic carbocycles. The predicted molar refractivity (Wildman–Crippen MR) is 84.1 cm³/mol. The molecular formula is C15H19BrN4. The van der Waals surface area contributed by atoms with Crippen LogP contribution in [0.15, 0.2) is 34.9 Å². The Hall–Kier alpha value is -1.17. The molecule has 20 heavy (non-hydrogen) atoms. The van der Waals surface area contributed by atoms with Crippen LogP contribution in [0, 0.1) is 5.92 Å². The van der Waals surface area contributed by atoms with Gasteiger partial charge in [-0.15, -0.1) is 0 Å². The van der Waals surface area contributed by atoms with Crippen molar-refractivity contribution < 1.29 is 0 Å². The fraction of sp³-hybridized carbons (Fsp3) is 0.400. The van der Waals surface area contributed by atoms with Crippen LogP contribution in [0.25, 0.3) is 11.3 Å². The summed E-state index contributed by atoms with van der Waals surface area (Å²) < 4.78 is 1.08. The molecule has 2 aromatic rings. The zero-order chi connectivity index (χ0) is 14.1. The van der Waals surface area contributed by atoms with Crippen molar-refractivity contribution in [3.8, 4) is 11.3 Å². The van der Waals surface area contributed by atoms with E-state index >= 15 is 0 Å². The van der Waals surface area contributed by atoms with Gasteiger partial charge in [0, 0.05) is 23.6 Å². The van der Waals surface area contributed by atoms with Gasteiger partial charge in [0.15, 0.2) is 0 Å². The Morgan fingerprint density at radius 2 is 2.10 bits per heavy atom. The van der Waals surface area contributed by atoms with E-state index in [0.717, 1.165) is 41.2 Å². The molecule has 1 aliphatic heterocycles. The molecule has 0 amide bonds. The summed E-state index contributed by atoms with van der Waals surface area (Å²) in [6, 6.07) is 8.52. The van der Waals surface area contributed by atoms with Crippen LogP contribution in [0.2, 0.25) is 0 Å². The number of aromatic nitrogens is 2. The number of rotatable bonds is 3. The van der Waals surface area contributed by atoms with Crippen molar-refractivity contribution in [1.82, 2.24) is 14.9 Å². The smallest absolute Gasteiger partial charge is 0.120 e. The maximum Gasteiger partial charge on any atom is 0.120 e. The topological polar surface area (TPSA) is 57.9 Å². The maximum absolute atomic E-state index is 6.06. The van der Waals surface area contributed by atoms with Crippen LogP contribution in [-0.2, 0) is 6.54 Å². The average molecular weight is 335 g/mol. The van der Waals surface area contributed by atoms with Crippen LogP contribution in [-0.4, -0.2) is 34.0 Å². The molecule has 2 heterocycles. The Labute approximate surface area is 127 Å². The van der Waals surface area contributed by atoms with Gasteiger partial charge in [0.1, 0.15) is 5.82 Å². The minimum absolute atomic E-state index is 0.288. The van der Waals surface area contributed by atoms with Crippen molar-refractivity contribution in [2.45, 2.75) is 19.5 Å². The highest BCUT2D eigenvalue weighted by Crippen LogP contribution is 2.21. The molecule has 3 N–H and O–H groups in total. The minimum atomic E-state index is 0.288. The van der Waals surface area contributed by atoms with Gasteiger partial charge >= 0.3 is 0 Å². The molecule has 0 saturated carbocycles. The summed E-state index contributed by atoms with van der Waals surface area (Å²) in [6.45, 7) is 5.06. The third-order valence-electron chi connectivity index (χ3n) is 3.90. The van der Waals surface area contributed by atoms with Crippen molar-refractivity contribution in [2.75, 3.05) is 13.1 Å². The van der Waals surface area contributed by atoms with Crippen molar-refractivity contribution in [2.24, 2.45) is 11.7 Å². The van der Waals surface area contributed by atoms with E-state index < -0.39 is 0 Å². The largest absolute Gasteiger partial charge is 0.341 e. The third-order valence-corrected chi connectivity index (χ3v) is 4.43. The van der Waals surface area contributed by atoms with E-state index in [4.69, 9.17) is 5.73 Å². The fourth-order valence-electron chi connectivity index (χ4n) is 2.66. The van der Waals surface area contributed by atoms with Crippen molar-refractivity contribution in [3.05, 3.63) is 40.8 Å². The Kier molecular flexibility index (Phi) is 3.92. The molecule has 0 spiro atoms. The molecule has 4 nitrogen and oxygen atoms in total. The summed E-state index contributed by atoms with van der Waals surface area (Å²) in [6.07, 6.45) is 1.90. The Morgan fingerprint density at radius 3 is 2.75 bits per heavy atom. The first kappa shape index (κ1) is 13.8. The highest BCUT2D eigenvalue weighted by atomic mass is 79.9. The van der Waals surface area contributed by atoms with Gasteiger partial charge in [-0.2, -0.15) is 0 Å². The molecule has 3 rings (SSSR count). The number of aromatic amines is 1. The summed E-state index contributed by atoms with van der Waals surface area (Å²) in [5.74, 6) is 1.57. The van der Waals surface area contributed by atoms with Crippen LogP contribution in [0.3, 0.4) is 0 Å². The summed E-state index contributed by atoms with van der Waals surface area (Å²) in [5, 5.41) is 0. The monoisotopic (exact) mass is 334 g/mol. The van der Waals surface area contributed by atoms with E-state index in [0.29, 0.717) is 5.92 Å². The number of nitrogens with two attached hydrogens (primary N) is 1. The summed E-state index contributed by atoms with van der Waals surface area (Å²) in [4.78, 5) is 10.2. The first-order valence-corrected chi connectivity index (χ1v) is 7.69. The third kappa shape index (κ3) is 2.95. The van der Waals surface area contributed by atoms with Gasteiger partial charge in [0.05, 0.1) is 18.4 Å². The number of nitrogens with one attached hydrogen (secondary N) is 1. The van der Waals surface area contributed by atoms with Crippen molar-refractivity contribution in [3.63, 3.8) is 0 Å². The average Bonchev–Trinajstić information content (AvgIpc) is 2.99. The minimum Gasteiger partial charge on any atom is -0.341 e. The maximum atomic E-state index is 6.06. The molecule has 1 aromatic heterocycles.